The van der Waals surface area contributed by atoms with Crippen molar-refractivity contribution in [3.8, 4) is 0 Å². The van der Waals surface area contributed by atoms with Gasteiger partial charge in [0.2, 0.25) is 0 Å². The van der Waals surface area contributed by atoms with Crippen LogP contribution in [-0.4, -0.2) is 37.3 Å². The summed E-state index contributed by atoms with van der Waals surface area (Å²) in [7, 11) is 0. The standard InChI is InChI=1S/C18H18N6OS/c1-12-4-2-6-15(22-12)23-17-16(19-7-8-20-17)14-5-3-9-24(14)18(25)13-10-26-11-21-13/h2,4,6-8,10-11,14H,3,5,9H2,1H3,(H,20,22,23)/t14-/m0/s1. The van der Waals surface area contributed by atoms with E-state index >= 15 is 0 Å². The lowest BCUT2D eigenvalue weighted by atomic mass is 10.1. The highest BCUT2D eigenvalue weighted by Gasteiger charge is 2.34. The number of thiazole rings is 1. The second-order valence-electron chi connectivity index (χ2n) is 6.11. The smallest absolute Gasteiger partial charge is 0.273 e. The quantitative estimate of drug-likeness (QED) is 0.762. The SMILES string of the molecule is Cc1cccc(Nc2nccnc2[C@@H]2CCCN2C(=O)c2cscn2)n1. The van der Waals surface area contributed by atoms with Gasteiger partial charge in [-0.05, 0) is 31.9 Å². The van der Waals surface area contributed by atoms with E-state index in [1.165, 1.54) is 11.3 Å². The van der Waals surface area contributed by atoms with E-state index in [4.69, 9.17) is 0 Å². The Morgan fingerprint density at radius 1 is 1.27 bits per heavy atom. The van der Waals surface area contributed by atoms with Crippen molar-refractivity contribution in [3.63, 3.8) is 0 Å². The maximum absolute atomic E-state index is 12.8. The van der Waals surface area contributed by atoms with E-state index in [9.17, 15) is 4.79 Å². The number of aromatic nitrogens is 4. The molecule has 0 aliphatic carbocycles. The van der Waals surface area contributed by atoms with Crippen molar-refractivity contribution in [2.45, 2.75) is 25.8 Å². The molecular formula is C18H18N6OS. The first-order valence-corrected chi connectivity index (χ1v) is 9.37. The summed E-state index contributed by atoms with van der Waals surface area (Å²) in [5, 5.41) is 5.03. The molecule has 26 heavy (non-hydrogen) atoms. The van der Waals surface area contributed by atoms with E-state index in [2.05, 4.69) is 25.3 Å². The Kier molecular flexibility index (Phi) is 4.57. The second-order valence-corrected chi connectivity index (χ2v) is 6.83. The van der Waals surface area contributed by atoms with E-state index in [0.29, 0.717) is 23.9 Å². The fourth-order valence-corrected chi connectivity index (χ4v) is 3.71. The summed E-state index contributed by atoms with van der Waals surface area (Å²) in [5.74, 6) is 1.29. The van der Waals surface area contributed by atoms with Crippen LogP contribution in [0.5, 0.6) is 0 Å². The van der Waals surface area contributed by atoms with Crippen LogP contribution >= 0.6 is 11.3 Å². The molecule has 1 aliphatic rings. The van der Waals surface area contributed by atoms with E-state index < -0.39 is 0 Å². The molecule has 7 nitrogen and oxygen atoms in total. The van der Waals surface area contributed by atoms with Crippen LogP contribution < -0.4 is 5.32 Å². The first-order chi connectivity index (χ1) is 12.7. The fraction of sp³-hybridized carbons (Fsp3) is 0.278. The summed E-state index contributed by atoms with van der Waals surface area (Å²) in [6.45, 7) is 2.63. The molecule has 132 valence electrons. The molecule has 0 spiro atoms. The topological polar surface area (TPSA) is 83.9 Å². The van der Waals surface area contributed by atoms with Crippen molar-refractivity contribution in [2.75, 3.05) is 11.9 Å². The molecule has 0 unspecified atom stereocenters. The van der Waals surface area contributed by atoms with Gasteiger partial charge < -0.3 is 10.2 Å². The molecule has 1 fully saturated rings. The van der Waals surface area contributed by atoms with Crippen LogP contribution in [0.2, 0.25) is 0 Å². The molecular weight excluding hydrogens is 348 g/mol. The van der Waals surface area contributed by atoms with Gasteiger partial charge in [-0.25, -0.2) is 15.0 Å². The average Bonchev–Trinajstić information content (AvgIpc) is 3.34. The predicted molar refractivity (Wildman–Crippen MR) is 99.4 cm³/mol. The van der Waals surface area contributed by atoms with Gasteiger partial charge in [0, 0.05) is 30.0 Å². The average molecular weight is 366 g/mol. The summed E-state index contributed by atoms with van der Waals surface area (Å²) < 4.78 is 0. The molecule has 1 aliphatic heterocycles. The van der Waals surface area contributed by atoms with Crippen LogP contribution in [0.3, 0.4) is 0 Å². The van der Waals surface area contributed by atoms with Crippen LogP contribution in [-0.2, 0) is 0 Å². The van der Waals surface area contributed by atoms with E-state index in [1.54, 1.807) is 23.3 Å². The fourth-order valence-electron chi connectivity index (χ4n) is 3.18. The molecule has 3 aromatic rings. The highest BCUT2D eigenvalue weighted by atomic mass is 32.1. The minimum atomic E-state index is -0.120. The zero-order chi connectivity index (χ0) is 17.9. The van der Waals surface area contributed by atoms with Crippen LogP contribution in [0.15, 0.2) is 41.5 Å². The number of hydrogen-bond acceptors (Lipinski definition) is 7. The maximum atomic E-state index is 12.8. The molecule has 1 saturated heterocycles. The van der Waals surface area contributed by atoms with E-state index in [0.717, 1.165) is 24.2 Å². The number of carbonyl (C=O) groups excluding carboxylic acids is 1. The highest BCUT2D eigenvalue weighted by Crippen LogP contribution is 2.35. The molecule has 0 aromatic carbocycles. The molecule has 1 amide bonds. The molecule has 3 aromatic heterocycles. The van der Waals surface area contributed by atoms with Gasteiger partial charge in [-0.3, -0.25) is 9.78 Å². The summed E-state index contributed by atoms with van der Waals surface area (Å²) >= 11 is 1.42. The Labute approximate surface area is 155 Å². The van der Waals surface area contributed by atoms with Crippen molar-refractivity contribution in [1.29, 1.82) is 0 Å². The number of nitrogens with one attached hydrogen (secondary N) is 1. The number of aryl methyl sites for hydroxylation is 1. The molecule has 0 saturated carbocycles. The van der Waals surface area contributed by atoms with Gasteiger partial charge in [0.1, 0.15) is 17.2 Å². The Morgan fingerprint density at radius 2 is 2.15 bits per heavy atom. The monoisotopic (exact) mass is 366 g/mol. The Balaban J connectivity index is 1.64. The molecule has 0 radical (unpaired) electrons. The normalized spacial score (nSPS) is 16.7. The summed E-state index contributed by atoms with van der Waals surface area (Å²) in [4.78, 5) is 32.2. The third-order valence-corrected chi connectivity index (χ3v) is 4.93. The molecule has 4 heterocycles. The Bertz CT molecular complexity index is 914. The lowest BCUT2D eigenvalue weighted by molar-refractivity contribution is 0.0728. The van der Waals surface area contributed by atoms with Crippen LogP contribution in [0, 0.1) is 6.92 Å². The van der Waals surface area contributed by atoms with Gasteiger partial charge in [-0.1, -0.05) is 6.07 Å². The molecule has 8 heteroatoms. The van der Waals surface area contributed by atoms with Gasteiger partial charge >= 0.3 is 0 Å². The third-order valence-electron chi connectivity index (χ3n) is 4.34. The zero-order valence-corrected chi connectivity index (χ0v) is 15.1. The van der Waals surface area contributed by atoms with Gasteiger partial charge in [0.05, 0.1) is 11.6 Å². The largest absolute Gasteiger partial charge is 0.329 e. The van der Waals surface area contributed by atoms with Crippen LogP contribution in [0.1, 0.15) is 40.8 Å². The van der Waals surface area contributed by atoms with Crippen LogP contribution in [0.25, 0.3) is 0 Å². The first kappa shape index (κ1) is 16.6. The lowest BCUT2D eigenvalue weighted by Gasteiger charge is -2.24. The Hall–Kier alpha value is -2.87. The van der Waals surface area contributed by atoms with Crippen molar-refractivity contribution in [3.05, 3.63) is 58.6 Å². The highest BCUT2D eigenvalue weighted by molar-refractivity contribution is 7.07. The van der Waals surface area contributed by atoms with Crippen LogP contribution in [0.4, 0.5) is 11.6 Å². The maximum Gasteiger partial charge on any atom is 0.273 e. The Morgan fingerprint density at radius 3 is 2.96 bits per heavy atom. The first-order valence-electron chi connectivity index (χ1n) is 8.43. The number of amides is 1. The predicted octanol–water partition coefficient (Wildman–Crippen LogP) is 3.36. The molecule has 4 rings (SSSR count). The molecule has 1 atom stereocenters. The zero-order valence-electron chi connectivity index (χ0n) is 14.3. The number of anilines is 2. The lowest BCUT2D eigenvalue weighted by Crippen LogP contribution is -2.31. The van der Waals surface area contributed by atoms with Gasteiger partial charge in [0.15, 0.2) is 5.82 Å². The van der Waals surface area contributed by atoms with E-state index in [-0.39, 0.29) is 11.9 Å². The number of rotatable bonds is 4. The summed E-state index contributed by atoms with van der Waals surface area (Å²) in [6.07, 6.45) is 5.08. The number of carbonyl (C=O) groups is 1. The number of hydrogen-bond donors (Lipinski definition) is 1. The van der Waals surface area contributed by atoms with E-state index in [1.807, 2.05) is 30.0 Å². The number of pyridine rings is 1. The second kappa shape index (κ2) is 7.17. The van der Waals surface area contributed by atoms with Gasteiger partial charge in [0.25, 0.3) is 5.91 Å². The van der Waals surface area contributed by atoms with Gasteiger partial charge in [-0.2, -0.15) is 0 Å². The number of likely N-dealkylation sites (tertiary alicyclic amines) is 1. The van der Waals surface area contributed by atoms with Crippen molar-refractivity contribution >= 4 is 28.9 Å². The number of nitrogens with zero attached hydrogens (tertiary/aromatic N) is 5. The minimum absolute atomic E-state index is 0.0565. The summed E-state index contributed by atoms with van der Waals surface area (Å²) in [6, 6.07) is 5.64. The molecule has 1 N–H and O–H groups in total. The summed E-state index contributed by atoms with van der Waals surface area (Å²) in [5.41, 5.74) is 3.84. The van der Waals surface area contributed by atoms with Crippen molar-refractivity contribution in [1.82, 2.24) is 24.8 Å². The third kappa shape index (κ3) is 3.28. The van der Waals surface area contributed by atoms with Crippen molar-refractivity contribution < 1.29 is 4.79 Å². The molecule has 0 bridgehead atoms. The van der Waals surface area contributed by atoms with Gasteiger partial charge in [-0.15, -0.1) is 11.3 Å². The van der Waals surface area contributed by atoms with Crippen molar-refractivity contribution in [2.24, 2.45) is 0 Å². The minimum Gasteiger partial charge on any atom is -0.329 e.